The van der Waals surface area contributed by atoms with Crippen LogP contribution in [0.5, 0.6) is 0 Å². The first kappa shape index (κ1) is 12.0. The summed E-state index contributed by atoms with van der Waals surface area (Å²) >= 11 is 1.64. The molecule has 0 amide bonds. The molecule has 3 heteroatoms. The molecule has 1 heterocycles. The minimum Gasteiger partial charge on any atom is -0.298 e. The number of benzene rings is 1. The van der Waals surface area contributed by atoms with E-state index < -0.39 is 0 Å². The predicted octanol–water partition coefficient (Wildman–Crippen LogP) is 3.92. The molecule has 2 rings (SSSR count). The van der Waals surface area contributed by atoms with E-state index in [0.717, 1.165) is 22.6 Å². The number of rotatable bonds is 2. The van der Waals surface area contributed by atoms with Crippen LogP contribution in [0.15, 0.2) is 29.6 Å². The number of aromatic nitrogens is 1. The predicted molar refractivity (Wildman–Crippen MR) is 71.6 cm³/mol. The van der Waals surface area contributed by atoms with Crippen molar-refractivity contribution < 1.29 is 4.79 Å². The molecule has 2 nitrogen and oxygen atoms in total. The van der Waals surface area contributed by atoms with Gasteiger partial charge in [-0.2, -0.15) is 0 Å². The highest BCUT2D eigenvalue weighted by molar-refractivity contribution is 7.13. The lowest BCUT2D eigenvalue weighted by atomic mass is 9.93. The molecule has 17 heavy (non-hydrogen) atoms. The minimum absolute atomic E-state index is 0.0808. The van der Waals surface area contributed by atoms with E-state index >= 15 is 0 Å². The lowest BCUT2D eigenvalue weighted by Gasteiger charge is -2.14. The van der Waals surface area contributed by atoms with Crippen LogP contribution in [0, 0.1) is 0 Å². The zero-order chi connectivity index (χ0) is 12.5. The number of carbonyl (C=O) groups excluding carboxylic acids is 1. The van der Waals surface area contributed by atoms with Gasteiger partial charge in [0.05, 0.1) is 5.69 Å². The van der Waals surface area contributed by atoms with E-state index in [9.17, 15) is 4.79 Å². The van der Waals surface area contributed by atoms with Gasteiger partial charge in [0.1, 0.15) is 11.3 Å². The highest BCUT2D eigenvalue weighted by Gasteiger charge is 2.17. The first-order valence-corrected chi connectivity index (χ1v) is 6.40. The van der Waals surface area contributed by atoms with Gasteiger partial charge in [0.2, 0.25) is 0 Å². The molecular formula is C14H15NOS. The Bertz CT molecular complexity index is 520. The Labute approximate surface area is 105 Å². The molecule has 0 unspecified atom stereocenters. The smallest absolute Gasteiger partial charge is 0.150 e. The standard InChI is InChI=1S/C14H15NOS/c1-14(2,3)12-9-17-13(15-12)11-6-4-10(8-16)5-7-11/h4-9H,1-3H3. The van der Waals surface area contributed by atoms with Gasteiger partial charge in [-0.15, -0.1) is 11.3 Å². The number of carbonyl (C=O) groups is 1. The van der Waals surface area contributed by atoms with Gasteiger partial charge in [-0.25, -0.2) is 4.98 Å². The van der Waals surface area contributed by atoms with Gasteiger partial charge in [0.25, 0.3) is 0 Å². The molecule has 0 fully saturated rings. The number of aldehydes is 1. The van der Waals surface area contributed by atoms with E-state index in [2.05, 4.69) is 31.1 Å². The summed E-state index contributed by atoms with van der Waals surface area (Å²) in [6, 6.07) is 7.52. The summed E-state index contributed by atoms with van der Waals surface area (Å²) in [5.74, 6) is 0. The molecule has 0 saturated carbocycles. The summed E-state index contributed by atoms with van der Waals surface area (Å²) in [6.07, 6.45) is 0.853. The molecule has 0 spiro atoms. The summed E-state index contributed by atoms with van der Waals surface area (Å²) in [4.78, 5) is 15.2. The fourth-order valence-corrected chi connectivity index (χ4v) is 2.51. The van der Waals surface area contributed by atoms with Crippen molar-refractivity contribution in [3.8, 4) is 10.6 Å². The molecule has 0 bridgehead atoms. The third-order valence-corrected chi connectivity index (χ3v) is 3.46. The fourth-order valence-electron chi connectivity index (χ4n) is 1.46. The highest BCUT2D eigenvalue weighted by atomic mass is 32.1. The Kier molecular flexibility index (Phi) is 3.11. The van der Waals surface area contributed by atoms with Crippen molar-refractivity contribution in [1.82, 2.24) is 4.98 Å². The summed E-state index contributed by atoms with van der Waals surface area (Å²) < 4.78 is 0. The topological polar surface area (TPSA) is 30.0 Å². The molecule has 0 saturated heterocycles. The Morgan fingerprint density at radius 2 is 1.82 bits per heavy atom. The molecule has 1 aromatic heterocycles. The van der Waals surface area contributed by atoms with Gasteiger partial charge in [-0.3, -0.25) is 4.79 Å². The molecule has 0 atom stereocenters. The summed E-state index contributed by atoms with van der Waals surface area (Å²) in [7, 11) is 0. The van der Waals surface area contributed by atoms with Crippen molar-refractivity contribution in [2.24, 2.45) is 0 Å². The van der Waals surface area contributed by atoms with Crippen LogP contribution < -0.4 is 0 Å². The molecule has 0 N–H and O–H groups in total. The third-order valence-electron chi connectivity index (χ3n) is 2.57. The number of nitrogens with zero attached hydrogens (tertiary/aromatic N) is 1. The number of thiazole rings is 1. The van der Waals surface area contributed by atoms with Crippen LogP contribution >= 0.6 is 11.3 Å². The van der Waals surface area contributed by atoms with Crippen LogP contribution in [-0.4, -0.2) is 11.3 Å². The van der Waals surface area contributed by atoms with Crippen molar-refractivity contribution in [1.29, 1.82) is 0 Å². The largest absolute Gasteiger partial charge is 0.298 e. The second kappa shape index (κ2) is 4.41. The molecule has 0 aliphatic heterocycles. The van der Waals surface area contributed by atoms with Gasteiger partial charge in [-0.1, -0.05) is 45.0 Å². The molecule has 88 valence electrons. The molecule has 0 aliphatic rings. The van der Waals surface area contributed by atoms with E-state index in [1.807, 2.05) is 24.3 Å². The van der Waals surface area contributed by atoms with Crippen molar-refractivity contribution in [2.45, 2.75) is 26.2 Å². The van der Waals surface area contributed by atoms with E-state index in [0.29, 0.717) is 5.56 Å². The van der Waals surface area contributed by atoms with Crippen LogP contribution in [0.2, 0.25) is 0 Å². The first-order valence-electron chi connectivity index (χ1n) is 5.52. The SMILES string of the molecule is CC(C)(C)c1csc(-c2ccc(C=O)cc2)n1. The van der Waals surface area contributed by atoms with Gasteiger partial charge in [0.15, 0.2) is 0 Å². The second-order valence-electron chi connectivity index (χ2n) is 5.03. The van der Waals surface area contributed by atoms with Gasteiger partial charge in [0, 0.05) is 21.9 Å². The van der Waals surface area contributed by atoms with Crippen molar-refractivity contribution in [2.75, 3.05) is 0 Å². The van der Waals surface area contributed by atoms with Crippen LogP contribution in [0.4, 0.5) is 0 Å². The Morgan fingerprint density at radius 3 is 2.29 bits per heavy atom. The monoisotopic (exact) mass is 245 g/mol. The van der Waals surface area contributed by atoms with Crippen molar-refractivity contribution >= 4 is 17.6 Å². The lowest BCUT2D eigenvalue weighted by Crippen LogP contribution is -2.11. The lowest BCUT2D eigenvalue weighted by molar-refractivity contribution is 0.112. The fraction of sp³-hybridized carbons (Fsp3) is 0.286. The molecule has 0 radical (unpaired) electrons. The third kappa shape index (κ3) is 2.61. The first-order chi connectivity index (χ1) is 8.00. The summed E-state index contributed by atoms with van der Waals surface area (Å²) in [6.45, 7) is 6.46. The van der Waals surface area contributed by atoms with Crippen LogP contribution in [0.3, 0.4) is 0 Å². The maximum absolute atomic E-state index is 10.6. The average molecular weight is 245 g/mol. The average Bonchev–Trinajstić information content (AvgIpc) is 2.78. The van der Waals surface area contributed by atoms with E-state index in [1.165, 1.54) is 0 Å². The second-order valence-corrected chi connectivity index (χ2v) is 5.89. The van der Waals surface area contributed by atoms with Crippen LogP contribution in [0.25, 0.3) is 10.6 Å². The van der Waals surface area contributed by atoms with E-state index in [4.69, 9.17) is 0 Å². The summed E-state index contributed by atoms with van der Waals surface area (Å²) in [5.41, 5.74) is 2.95. The Morgan fingerprint density at radius 1 is 1.18 bits per heavy atom. The van der Waals surface area contributed by atoms with Gasteiger partial charge >= 0.3 is 0 Å². The highest BCUT2D eigenvalue weighted by Crippen LogP contribution is 2.29. The van der Waals surface area contributed by atoms with Crippen LogP contribution in [0.1, 0.15) is 36.8 Å². The minimum atomic E-state index is 0.0808. The maximum Gasteiger partial charge on any atom is 0.150 e. The molecule has 0 aliphatic carbocycles. The normalized spacial score (nSPS) is 11.5. The van der Waals surface area contributed by atoms with Gasteiger partial charge < -0.3 is 0 Å². The molecule has 1 aromatic carbocycles. The maximum atomic E-state index is 10.6. The number of hydrogen-bond acceptors (Lipinski definition) is 3. The zero-order valence-electron chi connectivity index (χ0n) is 10.2. The Balaban J connectivity index is 2.33. The van der Waals surface area contributed by atoms with E-state index in [1.54, 1.807) is 11.3 Å². The van der Waals surface area contributed by atoms with Crippen molar-refractivity contribution in [3.05, 3.63) is 40.9 Å². The quantitative estimate of drug-likeness (QED) is 0.751. The molecular weight excluding hydrogens is 230 g/mol. The van der Waals surface area contributed by atoms with Crippen LogP contribution in [-0.2, 0) is 5.41 Å². The zero-order valence-corrected chi connectivity index (χ0v) is 11.0. The summed E-state index contributed by atoms with van der Waals surface area (Å²) in [5, 5.41) is 3.11. The van der Waals surface area contributed by atoms with E-state index in [-0.39, 0.29) is 5.41 Å². The van der Waals surface area contributed by atoms with Crippen molar-refractivity contribution in [3.63, 3.8) is 0 Å². The molecule has 2 aromatic rings. The Hall–Kier alpha value is -1.48. The van der Waals surface area contributed by atoms with Gasteiger partial charge in [-0.05, 0) is 0 Å². The number of hydrogen-bond donors (Lipinski definition) is 0.